The molecule has 0 aliphatic carbocycles. The number of carbonyl (C=O) groups excluding carboxylic acids is 2. The Labute approximate surface area is 178 Å². The fraction of sp³-hybridized carbons (Fsp3) is 0.0952. The Bertz CT molecular complexity index is 969. The molecular formula is C21H18N2O4S2. The standard InChI is InChI=1S/C21H18N2O4S2/c1-3-12-27-17-8-4-14(5-9-17)13-18-20(25)23(21(28)29-18)22-19(24)15-6-10-16(26-2)11-7-15/h3-11,13H,1,12H2,2H3,(H,22,24)/b18-13-. The zero-order valence-electron chi connectivity index (χ0n) is 15.6. The zero-order chi connectivity index (χ0) is 20.8. The predicted octanol–water partition coefficient (Wildman–Crippen LogP) is 3.81. The molecule has 1 aliphatic heterocycles. The number of nitrogens with one attached hydrogen (secondary N) is 1. The van der Waals surface area contributed by atoms with Gasteiger partial charge in [-0.15, -0.1) is 0 Å². The number of carbonyl (C=O) groups is 2. The number of thioether (sulfide) groups is 1. The zero-order valence-corrected chi connectivity index (χ0v) is 17.2. The summed E-state index contributed by atoms with van der Waals surface area (Å²) in [5.41, 5.74) is 3.76. The number of thiocarbonyl (C=S) groups is 1. The van der Waals surface area contributed by atoms with Gasteiger partial charge in [0.25, 0.3) is 11.8 Å². The lowest BCUT2D eigenvalue weighted by molar-refractivity contribution is -0.123. The quantitative estimate of drug-likeness (QED) is 0.413. The Morgan fingerprint density at radius 1 is 1.17 bits per heavy atom. The second-order valence-electron chi connectivity index (χ2n) is 5.86. The van der Waals surface area contributed by atoms with Crippen molar-refractivity contribution < 1.29 is 19.1 Å². The number of nitrogens with zero attached hydrogens (tertiary/aromatic N) is 1. The van der Waals surface area contributed by atoms with Gasteiger partial charge >= 0.3 is 0 Å². The molecule has 1 heterocycles. The summed E-state index contributed by atoms with van der Waals surface area (Å²) in [6, 6.07) is 13.8. The molecule has 1 saturated heterocycles. The van der Waals surface area contributed by atoms with Crippen LogP contribution in [0.25, 0.3) is 6.08 Å². The fourth-order valence-corrected chi connectivity index (χ4v) is 3.62. The van der Waals surface area contributed by atoms with E-state index >= 15 is 0 Å². The van der Waals surface area contributed by atoms with Gasteiger partial charge in [-0.25, -0.2) is 0 Å². The van der Waals surface area contributed by atoms with Gasteiger partial charge in [0.1, 0.15) is 18.1 Å². The summed E-state index contributed by atoms with van der Waals surface area (Å²) >= 11 is 6.38. The third-order valence-corrected chi connectivity index (χ3v) is 5.21. The van der Waals surface area contributed by atoms with E-state index in [1.54, 1.807) is 43.5 Å². The van der Waals surface area contributed by atoms with Crippen LogP contribution in [0.5, 0.6) is 11.5 Å². The largest absolute Gasteiger partial charge is 0.497 e. The molecule has 8 heteroatoms. The second kappa shape index (κ2) is 9.40. The van der Waals surface area contributed by atoms with Crippen LogP contribution >= 0.6 is 24.0 Å². The third kappa shape index (κ3) is 5.04. The van der Waals surface area contributed by atoms with E-state index < -0.39 is 5.91 Å². The first-order chi connectivity index (χ1) is 14.0. The van der Waals surface area contributed by atoms with Crippen molar-refractivity contribution in [3.63, 3.8) is 0 Å². The van der Waals surface area contributed by atoms with Crippen LogP contribution in [0.2, 0.25) is 0 Å². The summed E-state index contributed by atoms with van der Waals surface area (Å²) < 4.78 is 10.8. The highest BCUT2D eigenvalue weighted by Gasteiger charge is 2.33. The van der Waals surface area contributed by atoms with Gasteiger partial charge in [0.15, 0.2) is 4.32 Å². The van der Waals surface area contributed by atoms with Crippen LogP contribution in [0.4, 0.5) is 0 Å². The van der Waals surface area contributed by atoms with Crippen molar-refractivity contribution in [2.75, 3.05) is 13.7 Å². The van der Waals surface area contributed by atoms with Crippen LogP contribution < -0.4 is 14.9 Å². The van der Waals surface area contributed by atoms with E-state index in [1.165, 1.54) is 0 Å². The first-order valence-corrected chi connectivity index (χ1v) is 9.81. The number of hydrogen-bond acceptors (Lipinski definition) is 6. The van der Waals surface area contributed by atoms with Crippen LogP contribution in [0, 0.1) is 0 Å². The van der Waals surface area contributed by atoms with Crippen molar-refractivity contribution in [1.82, 2.24) is 10.4 Å². The number of methoxy groups -OCH3 is 1. The summed E-state index contributed by atoms with van der Waals surface area (Å²) in [6.45, 7) is 4.03. The fourth-order valence-electron chi connectivity index (χ4n) is 2.44. The van der Waals surface area contributed by atoms with Crippen molar-refractivity contribution in [3.05, 3.63) is 77.2 Å². The van der Waals surface area contributed by atoms with E-state index in [0.717, 1.165) is 22.3 Å². The van der Waals surface area contributed by atoms with Crippen LogP contribution in [-0.4, -0.2) is 34.9 Å². The third-order valence-electron chi connectivity index (χ3n) is 3.90. The molecule has 0 aromatic heterocycles. The van der Waals surface area contributed by atoms with Gasteiger partial charge in [0.2, 0.25) is 0 Å². The minimum absolute atomic E-state index is 0.258. The Morgan fingerprint density at radius 3 is 2.45 bits per heavy atom. The molecule has 2 amide bonds. The highest BCUT2D eigenvalue weighted by molar-refractivity contribution is 8.26. The summed E-state index contributed by atoms with van der Waals surface area (Å²) in [7, 11) is 1.54. The lowest BCUT2D eigenvalue weighted by Crippen LogP contribution is -2.44. The Morgan fingerprint density at radius 2 is 1.83 bits per heavy atom. The van der Waals surface area contributed by atoms with E-state index in [-0.39, 0.29) is 10.2 Å². The van der Waals surface area contributed by atoms with E-state index in [1.807, 2.05) is 24.3 Å². The molecule has 29 heavy (non-hydrogen) atoms. The number of amides is 2. The average molecular weight is 427 g/mol. The van der Waals surface area contributed by atoms with Gasteiger partial charge < -0.3 is 9.47 Å². The molecule has 1 N–H and O–H groups in total. The molecule has 0 bridgehead atoms. The first kappa shape index (κ1) is 20.6. The summed E-state index contributed by atoms with van der Waals surface area (Å²) in [4.78, 5) is 25.5. The van der Waals surface area contributed by atoms with Gasteiger partial charge in [0.05, 0.1) is 12.0 Å². The molecule has 1 aliphatic rings. The molecule has 6 nitrogen and oxygen atoms in total. The summed E-state index contributed by atoms with van der Waals surface area (Å²) in [6.07, 6.45) is 3.38. The van der Waals surface area contributed by atoms with Gasteiger partial charge in [-0.05, 0) is 60.3 Å². The maximum absolute atomic E-state index is 12.7. The smallest absolute Gasteiger partial charge is 0.285 e. The van der Waals surface area contributed by atoms with Gasteiger partial charge in [0, 0.05) is 5.56 Å². The molecule has 0 atom stereocenters. The minimum Gasteiger partial charge on any atom is -0.497 e. The molecule has 2 aromatic carbocycles. The molecule has 1 fully saturated rings. The topological polar surface area (TPSA) is 67.9 Å². The SMILES string of the molecule is C=CCOc1ccc(/C=C2\SC(=S)N(NC(=O)c3ccc(OC)cc3)C2=O)cc1. The normalized spacial score (nSPS) is 14.8. The van der Waals surface area contributed by atoms with Crippen LogP contribution in [0.3, 0.4) is 0 Å². The Kier molecular flexibility index (Phi) is 6.69. The minimum atomic E-state index is -0.436. The van der Waals surface area contributed by atoms with Crippen molar-refractivity contribution in [2.45, 2.75) is 0 Å². The van der Waals surface area contributed by atoms with Crippen molar-refractivity contribution >= 4 is 46.2 Å². The molecule has 0 saturated carbocycles. The number of rotatable bonds is 7. The molecule has 148 valence electrons. The first-order valence-electron chi connectivity index (χ1n) is 8.58. The van der Waals surface area contributed by atoms with Crippen molar-refractivity contribution in [3.8, 4) is 11.5 Å². The van der Waals surface area contributed by atoms with Crippen molar-refractivity contribution in [1.29, 1.82) is 0 Å². The van der Waals surface area contributed by atoms with E-state index in [2.05, 4.69) is 12.0 Å². The van der Waals surface area contributed by atoms with E-state index in [0.29, 0.717) is 28.6 Å². The lowest BCUT2D eigenvalue weighted by Gasteiger charge is -2.15. The number of hydrazine groups is 1. The maximum Gasteiger partial charge on any atom is 0.285 e. The molecule has 2 aromatic rings. The molecular weight excluding hydrogens is 408 g/mol. The van der Waals surface area contributed by atoms with Gasteiger partial charge in [-0.2, -0.15) is 5.01 Å². The number of hydrogen-bond donors (Lipinski definition) is 1. The van der Waals surface area contributed by atoms with Crippen LogP contribution in [0.1, 0.15) is 15.9 Å². The molecule has 0 unspecified atom stereocenters. The van der Waals surface area contributed by atoms with Crippen LogP contribution in [0.15, 0.2) is 66.1 Å². The van der Waals surface area contributed by atoms with Gasteiger partial charge in [-0.1, -0.05) is 36.5 Å². The maximum atomic E-state index is 12.7. The monoisotopic (exact) mass is 426 g/mol. The predicted molar refractivity (Wildman–Crippen MR) is 118 cm³/mol. The van der Waals surface area contributed by atoms with Crippen molar-refractivity contribution in [2.24, 2.45) is 0 Å². The Balaban J connectivity index is 1.69. The highest BCUT2D eigenvalue weighted by atomic mass is 32.2. The van der Waals surface area contributed by atoms with E-state index in [9.17, 15) is 9.59 Å². The van der Waals surface area contributed by atoms with Crippen LogP contribution in [-0.2, 0) is 4.79 Å². The molecule has 0 radical (unpaired) electrons. The molecule has 3 rings (SSSR count). The lowest BCUT2D eigenvalue weighted by atomic mass is 10.2. The average Bonchev–Trinajstić information content (AvgIpc) is 3.00. The molecule has 0 spiro atoms. The Hall–Kier alpha value is -3.10. The number of benzene rings is 2. The summed E-state index contributed by atoms with van der Waals surface area (Å²) in [5.74, 6) is 0.528. The second-order valence-corrected chi connectivity index (χ2v) is 7.53. The van der Waals surface area contributed by atoms with Gasteiger partial charge in [-0.3, -0.25) is 15.0 Å². The highest BCUT2D eigenvalue weighted by Crippen LogP contribution is 2.31. The van der Waals surface area contributed by atoms with E-state index in [4.69, 9.17) is 21.7 Å². The number of ether oxygens (including phenoxy) is 2. The summed E-state index contributed by atoms with van der Waals surface area (Å²) in [5, 5.41) is 1.08.